The summed E-state index contributed by atoms with van der Waals surface area (Å²) in [6, 6.07) is 0. The lowest BCUT2D eigenvalue weighted by molar-refractivity contribution is -0.105. The fourth-order valence-electron chi connectivity index (χ4n) is 2.74. The van der Waals surface area contributed by atoms with Crippen LogP contribution in [0.1, 0.15) is 59.3 Å². The van der Waals surface area contributed by atoms with Crippen LogP contribution < -0.4 is 0 Å². The molecule has 1 heteroatoms. The molecule has 104 valence electrons. The van der Waals surface area contributed by atoms with E-state index in [1.54, 1.807) is 0 Å². The second kappa shape index (κ2) is 7.34. The van der Waals surface area contributed by atoms with Crippen LogP contribution in [0.25, 0.3) is 0 Å². The van der Waals surface area contributed by atoms with Gasteiger partial charge < -0.3 is 0 Å². The Balaban J connectivity index is 2.55. The number of carbonyl (C=O) groups is 1. The van der Waals surface area contributed by atoms with Gasteiger partial charge in [0, 0.05) is 6.42 Å². The van der Waals surface area contributed by atoms with Gasteiger partial charge >= 0.3 is 0 Å². The summed E-state index contributed by atoms with van der Waals surface area (Å²) < 4.78 is 0. The normalized spacial score (nSPS) is 27.6. The van der Waals surface area contributed by atoms with Crippen LogP contribution in [-0.4, -0.2) is 6.29 Å². The molecule has 0 spiro atoms. The highest BCUT2D eigenvalue weighted by molar-refractivity contribution is 5.73. The van der Waals surface area contributed by atoms with Crippen molar-refractivity contribution in [2.24, 2.45) is 11.3 Å². The maximum absolute atomic E-state index is 11.0. The van der Waals surface area contributed by atoms with Crippen molar-refractivity contribution in [3.8, 4) is 12.3 Å². The van der Waals surface area contributed by atoms with E-state index in [1.807, 2.05) is 0 Å². The molecule has 1 aliphatic rings. The Morgan fingerprint density at radius 2 is 2.37 bits per heavy atom. The smallest absolute Gasteiger partial charge is 0.145 e. The van der Waals surface area contributed by atoms with Gasteiger partial charge in [0.15, 0.2) is 0 Å². The highest BCUT2D eigenvalue weighted by Crippen LogP contribution is 2.44. The van der Waals surface area contributed by atoms with E-state index in [4.69, 9.17) is 6.42 Å². The standard InChI is InChI=1S/C18H26O/c1-5-6-7-8-15(2)11-12-18(4)13-17(14-19)10-9-16(18)3/h1,8,10,14,16H,6-7,9,11-13H2,2-4H3/b15-8+/t16-,18-/m1/s1. The molecule has 0 aliphatic heterocycles. The highest BCUT2D eigenvalue weighted by Gasteiger charge is 2.33. The van der Waals surface area contributed by atoms with Gasteiger partial charge in [-0.15, -0.1) is 12.3 Å². The summed E-state index contributed by atoms with van der Waals surface area (Å²) in [6.45, 7) is 6.81. The van der Waals surface area contributed by atoms with Crippen LogP contribution in [0.5, 0.6) is 0 Å². The van der Waals surface area contributed by atoms with Crippen LogP contribution in [0, 0.1) is 23.7 Å². The topological polar surface area (TPSA) is 17.1 Å². The van der Waals surface area contributed by atoms with Crippen molar-refractivity contribution in [2.45, 2.75) is 59.3 Å². The van der Waals surface area contributed by atoms with Crippen LogP contribution in [0.3, 0.4) is 0 Å². The van der Waals surface area contributed by atoms with Gasteiger partial charge in [-0.25, -0.2) is 0 Å². The third kappa shape index (κ3) is 4.71. The van der Waals surface area contributed by atoms with E-state index in [0.717, 1.165) is 50.4 Å². The third-order valence-electron chi connectivity index (χ3n) is 4.55. The number of unbranched alkanes of at least 4 members (excludes halogenated alkanes) is 1. The average Bonchev–Trinajstić information content (AvgIpc) is 2.40. The first-order valence-electron chi connectivity index (χ1n) is 7.25. The SMILES string of the molecule is C#CCC/C=C(\C)CC[C@]1(C)CC(C=O)=CC[C@H]1C. The zero-order valence-corrected chi connectivity index (χ0v) is 12.5. The fraction of sp³-hybridized carbons (Fsp3) is 0.611. The zero-order chi connectivity index (χ0) is 14.3. The minimum Gasteiger partial charge on any atom is -0.298 e. The Kier molecular flexibility index (Phi) is 6.09. The van der Waals surface area contributed by atoms with Crippen molar-refractivity contribution >= 4 is 6.29 Å². The third-order valence-corrected chi connectivity index (χ3v) is 4.55. The van der Waals surface area contributed by atoms with E-state index in [1.165, 1.54) is 5.57 Å². The van der Waals surface area contributed by atoms with Crippen LogP contribution >= 0.6 is 0 Å². The number of terminal acetylenes is 1. The Morgan fingerprint density at radius 1 is 1.63 bits per heavy atom. The molecule has 0 aromatic rings. The molecule has 0 N–H and O–H groups in total. The van der Waals surface area contributed by atoms with Crippen LogP contribution in [0.15, 0.2) is 23.3 Å². The quantitative estimate of drug-likeness (QED) is 0.292. The Bertz CT molecular complexity index is 408. The molecule has 19 heavy (non-hydrogen) atoms. The van der Waals surface area contributed by atoms with Gasteiger partial charge in [0.05, 0.1) is 0 Å². The molecule has 0 radical (unpaired) electrons. The lowest BCUT2D eigenvalue weighted by Crippen LogP contribution is -2.29. The number of hydrogen-bond donors (Lipinski definition) is 0. The number of carbonyl (C=O) groups excluding carboxylic acids is 1. The Hall–Kier alpha value is -1.29. The van der Waals surface area contributed by atoms with Crippen molar-refractivity contribution in [1.29, 1.82) is 0 Å². The van der Waals surface area contributed by atoms with E-state index in [-0.39, 0.29) is 5.41 Å². The van der Waals surface area contributed by atoms with Crippen molar-refractivity contribution in [1.82, 2.24) is 0 Å². The second-order valence-electron chi connectivity index (χ2n) is 6.16. The van der Waals surface area contributed by atoms with E-state index < -0.39 is 0 Å². The highest BCUT2D eigenvalue weighted by atomic mass is 16.1. The Labute approximate surface area is 118 Å². The number of allylic oxidation sites excluding steroid dienone is 4. The number of rotatable bonds is 6. The van der Waals surface area contributed by atoms with Crippen molar-refractivity contribution in [3.05, 3.63) is 23.3 Å². The first-order chi connectivity index (χ1) is 9.01. The van der Waals surface area contributed by atoms with E-state index in [9.17, 15) is 4.79 Å². The van der Waals surface area contributed by atoms with Crippen LogP contribution in [-0.2, 0) is 4.79 Å². The Morgan fingerprint density at radius 3 is 3.00 bits per heavy atom. The monoisotopic (exact) mass is 258 g/mol. The summed E-state index contributed by atoms with van der Waals surface area (Å²) in [5.41, 5.74) is 2.66. The van der Waals surface area contributed by atoms with Gasteiger partial charge in [0.25, 0.3) is 0 Å². The summed E-state index contributed by atoms with van der Waals surface area (Å²) in [6.07, 6.45) is 16.7. The van der Waals surface area contributed by atoms with Gasteiger partial charge in [-0.2, -0.15) is 0 Å². The molecule has 0 aromatic heterocycles. The summed E-state index contributed by atoms with van der Waals surface area (Å²) in [5, 5.41) is 0. The molecule has 2 atom stereocenters. The number of hydrogen-bond acceptors (Lipinski definition) is 1. The molecule has 0 unspecified atom stereocenters. The molecule has 0 aromatic carbocycles. The molecular weight excluding hydrogens is 232 g/mol. The molecule has 0 heterocycles. The van der Waals surface area contributed by atoms with Crippen molar-refractivity contribution in [3.63, 3.8) is 0 Å². The van der Waals surface area contributed by atoms with E-state index in [2.05, 4.69) is 38.8 Å². The van der Waals surface area contributed by atoms with Crippen molar-refractivity contribution < 1.29 is 4.79 Å². The van der Waals surface area contributed by atoms with Gasteiger partial charge in [-0.3, -0.25) is 4.79 Å². The largest absolute Gasteiger partial charge is 0.298 e. The van der Waals surface area contributed by atoms with Crippen LogP contribution in [0.2, 0.25) is 0 Å². The average molecular weight is 258 g/mol. The van der Waals surface area contributed by atoms with E-state index >= 15 is 0 Å². The summed E-state index contributed by atoms with van der Waals surface area (Å²) in [5.74, 6) is 3.31. The van der Waals surface area contributed by atoms with Gasteiger partial charge in [0.2, 0.25) is 0 Å². The summed E-state index contributed by atoms with van der Waals surface area (Å²) >= 11 is 0. The molecule has 1 rings (SSSR count). The van der Waals surface area contributed by atoms with Crippen LogP contribution in [0.4, 0.5) is 0 Å². The molecule has 0 saturated carbocycles. The maximum atomic E-state index is 11.0. The van der Waals surface area contributed by atoms with Gasteiger partial charge in [-0.05, 0) is 55.9 Å². The molecule has 0 bridgehead atoms. The number of aldehydes is 1. The lowest BCUT2D eigenvalue weighted by atomic mass is 9.66. The minimum absolute atomic E-state index is 0.256. The molecule has 0 amide bonds. The van der Waals surface area contributed by atoms with Crippen molar-refractivity contribution in [2.75, 3.05) is 0 Å². The van der Waals surface area contributed by atoms with Gasteiger partial charge in [-0.1, -0.05) is 31.6 Å². The molecule has 0 fully saturated rings. The summed E-state index contributed by atoms with van der Waals surface area (Å²) in [4.78, 5) is 11.0. The second-order valence-corrected chi connectivity index (χ2v) is 6.16. The molecule has 1 aliphatic carbocycles. The molecular formula is C18H26O. The fourth-order valence-corrected chi connectivity index (χ4v) is 2.74. The zero-order valence-electron chi connectivity index (χ0n) is 12.5. The first-order valence-corrected chi connectivity index (χ1v) is 7.25. The molecule has 0 saturated heterocycles. The minimum atomic E-state index is 0.256. The predicted octanol–water partition coefficient (Wildman–Crippen LogP) is 4.69. The molecule has 1 nitrogen and oxygen atoms in total. The summed E-state index contributed by atoms with van der Waals surface area (Å²) in [7, 11) is 0. The lowest BCUT2D eigenvalue weighted by Gasteiger charge is -2.39. The van der Waals surface area contributed by atoms with Gasteiger partial charge in [0.1, 0.15) is 6.29 Å². The predicted molar refractivity (Wildman–Crippen MR) is 81.7 cm³/mol. The maximum Gasteiger partial charge on any atom is 0.145 e. The first kappa shape index (κ1) is 15.8. The van der Waals surface area contributed by atoms with E-state index in [0.29, 0.717) is 5.92 Å².